The number of hydrogen-bond donors (Lipinski definition) is 1. The first-order valence-electron chi connectivity index (χ1n) is 7.80. The van der Waals surface area contributed by atoms with Crippen LogP contribution in [0.25, 0.3) is 0 Å². The molecule has 0 aliphatic carbocycles. The standard InChI is InChI=1S/C17H16ClF3N2OS/c18-13-6-5-11(9-12(13)17(19,20)21)22-10-16(24)23-7-1-3-14(23)15-4-2-8-25-15/h2,4-6,8-9,14,22H,1,3,7,10H2/t14-/m1/s1. The molecule has 3 nitrogen and oxygen atoms in total. The molecular weight excluding hydrogens is 373 g/mol. The molecule has 1 amide bonds. The smallest absolute Gasteiger partial charge is 0.376 e. The largest absolute Gasteiger partial charge is 0.417 e. The molecule has 8 heteroatoms. The Hall–Kier alpha value is -1.73. The van der Waals surface area contributed by atoms with Crippen molar-refractivity contribution >= 4 is 34.5 Å². The van der Waals surface area contributed by atoms with Gasteiger partial charge in [-0.2, -0.15) is 13.2 Å². The fraction of sp³-hybridized carbons (Fsp3) is 0.353. The fourth-order valence-electron chi connectivity index (χ4n) is 2.97. The fourth-order valence-corrected chi connectivity index (χ4v) is 4.07. The Labute approximate surface area is 152 Å². The third-order valence-electron chi connectivity index (χ3n) is 4.16. The van der Waals surface area contributed by atoms with Gasteiger partial charge in [0.1, 0.15) is 0 Å². The van der Waals surface area contributed by atoms with Gasteiger partial charge in [0.2, 0.25) is 5.91 Å². The van der Waals surface area contributed by atoms with E-state index in [0.29, 0.717) is 6.54 Å². The second kappa shape index (κ2) is 7.25. The van der Waals surface area contributed by atoms with Crippen LogP contribution in [-0.2, 0) is 11.0 Å². The van der Waals surface area contributed by atoms with Crippen LogP contribution in [0.15, 0.2) is 35.7 Å². The number of anilines is 1. The highest BCUT2D eigenvalue weighted by molar-refractivity contribution is 7.10. The van der Waals surface area contributed by atoms with E-state index in [4.69, 9.17) is 11.6 Å². The van der Waals surface area contributed by atoms with Crippen molar-refractivity contribution in [3.05, 3.63) is 51.2 Å². The van der Waals surface area contributed by atoms with Crippen molar-refractivity contribution in [1.29, 1.82) is 0 Å². The van der Waals surface area contributed by atoms with Crippen molar-refractivity contribution in [2.45, 2.75) is 25.1 Å². The van der Waals surface area contributed by atoms with Gasteiger partial charge in [0.15, 0.2) is 0 Å². The molecule has 3 rings (SSSR count). The SMILES string of the molecule is O=C(CNc1ccc(Cl)c(C(F)(F)F)c1)N1CCC[C@@H]1c1cccs1. The van der Waals surface area contributed by atoms with Gasteiger partial charge in [-0.1, -0.05) is 17.7 Å². The van der Waals surface area contributed by atoms with Crippen LogP contribution in [0, 0.1) is 0 Å². The summed E-state index contributed by atoms with van der Waals surface area (Å²) in [6.07, 6.45) is -2.70. The first kappa shape index (κ1) is 18.1. The summed E-state index contributed by atoms with van der Waals surface area (Å²) in [5.41, 5.74) is -0.693. The third-order valence-corrected chi connectivity index (χ3v) is 5.46. The topological polar surface area (TPSA) is 32.3 Å². The van der Waals surface area contributed by atoms with Gasteiger partial charge < -0.3 is 10.2 Å². The number of thiophene rings is 1. The Morgan fingerprint density at radius 3 is 2.84 bits per heavy atom. The van der Waals surface area contributed by atoms with Crippen LogP contribution in [0.1, 0.15) is 29.3 Å². The maximum absolute atomic E-state index is 12.9. The van der Waals surface area contributed by atoms with E-state index in [9.17, 15) is 18.0 Å². The number of carbonyl (C=O) groups is 1. The third kappa shape index (κ3) is 4.10. The molecule has 1 fully saturated rings. The minimum atomic E-state index is -4.53. The van der Waals surface area contributed by atoms with Crippen molar-refractivity contribution in [3.63, 3.8) is 0 Å². The summed E-state index contributed by atoms with van der Waals surface area (Å²) in [7, 11) is 0. The minimum absolute atomic E-state index is 0.0548. The van der Waals surface area contributed by atoms with E-state index in [1.165, 1.54) is 12.1 Å². The maximum atomic E-state index is 12.9. The quantitative estimate of drug-likeness (QED) is 0.781. The molecule has 0 bridgehead atoms. The number of benzene rings is 1. The molecule has 1 atom stereocenters. The van der Waals surface area contributed by atoms with Crippen LogP contribution in [0.5, 0.6) is 0 Å². The van der Waals surface area contributed by atoms with Crippen molar-refractivity contribution in [2.24, 2.45) is 0 Å². The first-order chi connectivity index (χ1) is 11.9. The number of halogens is 4. The number of nitrogens with one attached hydrogen (secondary N) is 1. The van der Waals surface area contributed by atoms with Gasteiger partial charge >= 0.3 is 6.18 Å². The van der Waals surface area contributed by atoms with Gasteiger partial charge in [0, 0.05) is 17.1 Å². The van der Waals surface area contributed by atoms with Crippen molar-refractivity contribution < 1.29 is 18.0 Å². The summed E-state index contributed by atoms with van der Waals surface area (Å²) in [6, 6.07) is 7.56. The summed E-state index contributed by atoms with van der Waals surface area (Å²) in [5, 5.41) is 4.39. The number of alkyl halides is 3. The summed E-state index contributed by atoms with van der Waals surface area (Å²) < 4.78 is 38.7. The molecule has 0 radical (unpaired) electrons. The molecule has 1 aliphatic rings. The number of hydrogen-bond acceptors (Lipinski definition) is 3. The lowest BCUT2D eigenvalue weighted by Crippen LogP contribution is -2.34. The number of amides is 1. The average Bonchev–Trinajstić information content (AvgIpc) is 3.23. The van der Waals surface area contributed by atoms with Gasteiger partial charge in [-0.05, 0) is 42.5 Å². The van der Waals surface area contributed by atoms with E-state index in [0.717, 1.165) is 23.8 Å². The molecule has 25 heavy (non-hydrogen) atoms. The van der Waals surface area contributed by atoms with Gasteiger partial charge in [0.05, 0.1) is 23.2 Å². The Balaban J connectivity index is 1.66. The number of nitrogens with zero attached hydrogens (tertiary/aromatic N) is 1. The average molecular weight is 389 g/mol. The lowest BCUT2D eigenvalue weighted by molar-refractivity contribution is -0.137. The summed E-state index contributed by atoms with van der Waals surface area (Å²) in [5.74, 6) is -0.126. The molecule has 1 aromatic carbocycles. The molecule has 1 N–H and O–H groups in total. The van der Waals surface area contributed by atoms with Crippen LogP contribution in [0.4, 0.5) is 18.9 Å². The maximum Gasteiger partial charge on any atom is 0.417 e. The molecule has 2 heterocycles. The van der Waals surface area contributed by atoms with E-state index >= 15 is 0 Å². The molecule has 0 unspecified atom stereocenters. The van der Waals surface area contributed by atoms with Gasteiger partial charge in [-0.3, -0.25) is 4.79 Å². The van der Waals surface area contributed by atoms with Crippen LogP contribution in [0.2, 0.25) is 5.02 Å². The van der Waals surface area contributed by atoms with Crippen molar-refractivity contribution in [1.82, 2.24) is 4.90 Å². The highest BCUT2D eigenvalue weighted by Gasteiger charge is 2.34. The number of likely N-dealkylation sites (tertiary alicyclic amines) is 1. The zero-order chi connectivity index (χ0) is 18.0. The summed E-state index contributed by atoms with van der Waals surface area (Å²) in [4.78, 5) is 15.4. The predicted molar refractivity (Wildman–Crippen MR) is 93.0 cm³/mol. The zero-order valence-electron chi connectivity index (χ0n) is 13.1. The van der Waals surface area contributed by atoms with E-state index < -0.39 is 11.7 Å². The molecular formula is C17H16ClF3N2OS. The van der Waals surface area contributed by atoms with Crippen LogP contribution >= 0.6 is 22.9 Å². The van der Waals surface area contributed by atoms with E-state index in [1.54, 1.807) is 16.2 Å². The molecule has 1 saturated heterocycles. The molecule has 0 spiro atoms. The van der Waals surface area contributed by atoms with Gasteiger partial charge in [-0.15, -0.1) is 11.3 Å². The van der Waals surface area contributed by atoms with Crippen LogP contribution < -0.4 is 5.32 Å². The summed E-state index contributed by atoms with van der Waals surface area (Å²) in [6.45, 7) is 0.609. The Morgan fingerprint density at radius 2 is 2.16 bits per heavy atom. The van der Waals surface area contributed by atoms with Crippen LogP contribution in [0.3, 0.4) is 0 Å². The monoisotopic (exact) mass is 388 g/mol. The highest BCUT2D eigenvalue weighted by atomic mass is 35.5. The second-order valence-corrected chi connectivity index (χ2v) is 7.19. The Morgan fingerprint density at radius 1 is 1.36 bits per heavy atom. The molecule has 0 saturated carbocycles. The molecule has 134 valence electrons. The number of carbonyl (C=O) groups excluding carboxylic acids is 1. The number of rotatable bonds is 4. The van der Waals surface area contributed by atoms with Crippen LogP contribution in [-0.4, -0.2) is 23.9 Å². The predicted octanol–water partition coefficient (Wildman–Crippen LogP) is 5.20. The van der Waals surface area contributed by atoms with Crippen molar-refractivity contribution in [3.8, 4) is 0 Å². The lowest BCUT2D eigenvalue weighted by atomic mass is 10.2. The molecule has 1 aromatic heterocycles. The molecule has 1 aliphatic heterocycles. The second-order valence-electron chi connectivity index (χ2n) is 5.81. The highest BCUT2D eigenvalue weighted by Crippen LogP contribution is 2.37. The van der Waals surface area contributed by atoms with Gasteiger partial charge in [0.25, 0.3) is 0 Å². The Bertz CT molecular complexity index is 749. The van der Waals surface area contributed by atoms with Gasteiger partial charge in [-0.25, -0.2) is 0 Å². The van der Waals surface area contributed by atoms with Crippen molar-refractivity contribution in [2.75, 3.05) is 18.4 Å². The Kier molecular flexibility index (Phi) is 5.24. The minimum Gasteiger partial charge on any atom is -0.376 e. The first-order valence-corrected chi connectivity index (χ1v) is 9.05. The van der Waals surface area contributed by atoms with E-state index in [1.807, 2.05) is 17.5 Å². The lowest BCUT2D eigenvalue weighted by Gasteiger charge is -2.24. The molecule has 2 aromatic rings. The zero-order valence-corrected chi connectivity index (χ0v) is 14.7. The summed E-state index contributed by atoms with van der Waals surface area (Å²) >= 11 is 7.21. The van der Waals surface area contributed by atoms with E-state index in [-0.39, 0.29) is 29.2 Å². The van der Waals surface area contributed by atoms with E-state index in [2.05, 4.69) is 5.32 Å². The normalized spacial score (nSPS) is 17.8.